The second-order valence-corrected chi connectivity index (χ2v) is 9.70. The number of hydrogen-bond donors (Lipinski definition) is 1. The van der Waals surface area contributed by atoms with E-state index in [4.69, 9.17) is 4.74 Å². The fourth-order valence-electron chi connectivity index (χ4n) is 3.87. The molecule has 0 spiro atoms. The van der Waals surface area contributed by atoms with Crippen molar-refractivity contribution in [2.45, 2.75) is 31.6 Å². The Kier molecular flexibility index (Phi) is 7.10. The summed E-state index contributed by atoms with van der Waals surface area (Å²) in [5, 5.41) is 3.04. The van der Waals surface area contributed by atoms with Crippen LogP contribution in [0.3, 0.4) is 0 Å². The van der Waals surface area contributed by atoms with E-state index in [1.54, 1.807) is 29.6 Å². The molecule has 0 unspecified atom stereocenters. The first-order valence-corrected chi connectivity index (χ1v) is 11.8. The number of rotatable bonds is 8. The predicted molar refractivity (Wildman–Crippen MR) is 116 cm³/mol. The lowest BCUT2D eigenvalue weighted by Crippen LogP contribution is -2.51. The van der Waals surface area contributed by atoms with Crippen molar-refractivity contribution in [2.75, 3.05) is 32.5 Å². The largest absolute Gasteiger partial charge is 0.481 e. The maximum absolute atomic E-state index is 12.6. The number of pyridine rings is 1. The Morgan fingerprint density at radius 3 is 2.47 bits per heavy atom. The normalized spacial score (nSPS) is 16.7. The van der Waals surface area contributed by atoms with Gasteiger partial charge < -0.3 is 10.1 Å². The van der Waals surface area contributed by atoms with E-state index in [0.29, 0.717) is 50.3 Å². The molecule has 8 heteroatoms. The lowest BCUT2D eigenvalue weighted by Gasteiger charge is -2.41. The molecule has 2 heterocycles. The molecule has 0 bridgehead atoms. The third-order valence-corrected chi connectivity index (χ3v) is 7.71. The second kappa shape index (κ2) is 9.57. The lowest BCUT2D eigenvalue weighted by atomic mass is 9.75. The number of amides is 1. The first-order valence-electron chi connectivity index (χ1n) is 10.2. The molecule has 1 aromatic carbocycles. The summed E-state index contributed by atoms with van der Waals surface area (Å²) in [7, 11) is -1.69. The van der Waals surface area contributed by atoms with E-state index >= 15 is 0 Å². The summed E-state index contributed by atoms with van der Waals surface area (Å²) in [4.78, 5) is 17.3. The molecule has 0 aliphatic carbocycles. The van der Waals surface area contributed by atoms with Gasteiger partial charge >= 0.3 is 0 Å². The number of sulfonamides is 1. The summed E-state index contributed by atoms with van der Waals surface area (Å²) in [5.74, 6) is 0.503. The number of nitrogens with one attached hydrogen (secondary N) is 1. The maximum Gasteiger partial charge on any atom is 0.251 e. The van der Waals surface area contributed by atoms with Crippen molar-refractivity contribution in [3.63, 3.8) is 0 Å². The van der Waals surface area contributed by atoms with Crippen molar-refractivity contribution in [3.05, 3.63) is 59.8 Å². The molecular formula is C22H29N3O4S. The van der Waals surface area contributed by atoms with Crippen molar-refractivity contribution in [3.8, 4) is 5.88 Å². The number of ether oxygens (including phenoxy) is 1. The standard InChI is InChI=1S/C22H29N3O4S/c1-3-16-30(27,28)25-14-12-22(13-15-25,19-10-7-11-20(24-19)29-2)17-23-21(26)18-8-5-4-6-9-18/h4-11H,3,12-17H2,1-2H3,(H,23,26). The Balaban J connectivity index is 1.82. The topological polar surface area (TPSA) is 88.6 Å². The Morgan fingerprint density at radius 1 is 1.13 bits per heavy atom. The van der Waals surface area contributed by atoms with E-state index in [0.717, 1.165) is 5.69 Å². The van der Waals surface area contributed by atoms with Gasteiger partial charge in [-0.25, -0.2) is 17.7 Å². The van der Waals surface area contributed by atoms with E-state index in [2.05, 4.69) is 10.3 Å². The van der Waals surface area contributed by atoms with E-state index in [-0.39, 0.29) is 11.7 Å². The molecule has 162 valence electrons. The first kappa shape index (κ1) is 22.2. The van der Waals surface area contributed by atoms with Crippen molar-refractivity contribution < 1.29 is 17.9 Å². The van der Waals surface area contributed by atoms with E-state index in [1.165, 1.54) is 0 Å². The minimum absolute atomic E-state index is 0.154. The molecule has 1 aromatic heterocycles. The zero-order valence-electron chi connectivity index (χ0n) is 17.5. The number of carbonyl (C=O) groups excluding carboxylic acids is 1. The number of methoxy groups -OCH3 is 1. The molecule has 0 saturated carbocycles. The van der Waals surface area contributed by atoms with Gasteiger partial charge in [0.2, 0.25) is 15.9 Å². The molecule has 1 aliphatic rings. The highest BCUT2D eigenvalue weighted by Crippen LogP contribution is 2.36. The van der Waals surface area contributed by atoms with Crippen LogP contribution in [0, 0.1) is 0 Å². The van der Waals surface area contributed by atoms with Crippen LogP contribution < -0.4 is 10.1 Å². The predicted octanol–water partition coefficient (Wildman–Crippen LogP) is 2.59. The Morgan fingerprint density at radius 2 is 1.83 bits per heavy atom. The highest BCUT2D eigenvalue weighted by Gasteiger charge is 2.40. The summed E-state index contributed by atoms with van der Waals surface area (Å²) < 4.78 is 31.9. The van der Waals surface area contributed by atoms with Crippen LogP contribution in [0.5, 0.6) is 5.88 Å². The van der Waals surface area contributed by atoms with Gasteiger partial charge in [-0.05, 0) is 37.5 Å². The molecule has 1 amide bonds. The Bertz CT molecular complexity index is 955. The molecular weight excluding hydrogens is 402 g/mol. The van der Waals surface area contributed by atoms with Crippen LogP contribution in [-0.2, 0) is 15.4 Å². The zero-order valence-corrected chi connectivity index (χ0v) is 18.3. The monoisotopic (exact) mass is 431 g/mol. The SMILES string of the molecule is CCCS(=O)(=O)N1CCC(CNC(=O)c2ccccc2)(c2cccc(OC)n2)CC1. The maximum atomic E-state index is 12.6. The highest BCUT2D eigenvalue weighted by molar-refractivity contribution is 7.89. The van der Waals surface area contributed by atoms with Crippen LogP contribution >= 0.6 is 0 Å². The molecule has 1 fully saturated rings. The fourth-order valence-corrected chi connectivity index (χ4v) is 5.38. The first-order chi connectivity index (χ1) is 14.4. The van der Waals surface area contributed by atoms with Gasteiger partial charge in [-0.1, -0.05) is 31.2 Å². The number of aromatic nitrogens is 1. The summed E-state index contributed by atoms with van der Waals surface area (Å²) in [6, 6.07) is 14.6. The van der Waals surface area contributed by atoms with Gasteiger partial charge in [0.05, 0.1) is 18.6 Å². The van der Waals surface area contributed by atoms with E-state index in [1.807, 2.05) is 37.3 Å². The Hall–Kier alpha value is -2.45. The number of piperidine rings is 1. The lowest BCUT2D eigenvalue weighted by molar-refractivity contribution is 0.0932. The molecule has 1 saturated heterocycles. The van der Waals surface area contributed by atoms with Crippen LogP contribution in [0.2, 0.25) is 0 Å². The quantitative estimate of drug-likeness (QED) is 0.694. The third kappa shape index (κ3) is 4.99. The van der Waals surface area contributed by atoms with Crippen molar-refractivity contribution in [2.24, 2.45) is 0 Å². The third-order valence-electron chi connectivity index (χ3n) is 5.63. The summed E-state index contributed by atoms with van der Waals surface area (Å²) in [5.41, 5.74) is 0.939. The molecule has 1 N–H and O–H groups in total. The van der Waals surface area contributed by atoms with Crippen LogP contribution in [0.25, 0.3) is 0 Å². The molecule has 2 aromatic rings. The molecule has 0 atom stereocenters. The van der Waals surface area contributed by atoms with E-state index < -0.39 is 15.4 Å². The van der Waals surface area contributed by atoms with Crippen molar-refractivity contribution in [1.29, 1.82) is 0 Å². The van der Waals surface area contributed by atoms with Gasteiger partial charge in [-0.2, -0.15) is 0 Å². The Labute approximate surface area is 178 Å². The second-order valence-electron chi connectivity index (χ2n) is 7.61. The van der Waals surface area contributed by atoms with Gasteiger partial charge in [0, 0.05) is 36.7 Å². The van der Waals surface area contributed by atoms with Crippen molar-refractivity contribution >= 4 is 15.9 Å². The summed E-state index contributed by atoms with van der Waals surface area (Å²) >= 11 is 0. The van der Waals surface area contributed by atoms with Gasteiger partial charge in [-0.15, -0.1) is 0 Å². The van der Waals surface area contributed by atoms with Gasteiger partial charge in [0.1, 0.15) is 0 Å². The van der Waals surface area contributed by atoms with Crippen LogP contribution in [0.1, 0.15) is 42.2 Å². The molecule has 3 rings (SSSR count). The smallest absolute Gasteiger partial charge is 0.251 e. The molecule has 7 nitrogen and oxygen atoms in total. The minimum atomic E-state index is -3.25. The summed E-state index contributed by atoms with van der Waals surface area (Å²) in [6.07, 6.45) is 1.74. The van der Waals surface area contributed by atoms with Crippen molar-refractivity contribution in [1.82, 2.24) is 14.6 Å². The average molecular weight is 432 g/mol. The number of hydrogen-bond acceptors (Lipinski definition) is 5. The van der Waals surface area contributed by atoms with Gasteiger partial charge in [-0.3, -0.25) is 4.79 Å². The summed E-state index contributed by atoms with van der Waals surface area (Å²) in [6.45, 7) is 3.05. The van der Waals surface area contributed by atoms with Gasteiger partial charge in [0.15, 0.2) is 0 Å². The minimum Gasteiger partial charge on any atom is -0.481 e. The van der Waals surface area contributed by atoms with Gasteiger partial charge in [0.25, 0.3) is 5.91 Å². The highest BCUT2D eigenvalue weighted by atomic mass is 32.2. The number of nitrogens with zero attached hydrogens (tertiary/aromatic N) is 2. The molecule has 30 heavy (non-hydrogen) atoms. The van der Waals surface area contributed by atoms with Crippen LogP contribution in [-0.4, -0.2) is 56.1 Å². The van der Waals surface area contributed by atoms with E-state index in [9.17, 15) is 13.2 Å². The fraction of sp³-hybridized carbons (Fsp3) is 0.455. The average Bonchev–Trinajstić information content (AvgIpc) is 2.78. The van der Waals surface area contributed by atoms with Crippen LogP contribution in [0.4, 0.5) is 0 Å². The molecule has 0 radical (unpaired) electrons. The zero-order chi connectivity index (χ0) is 21.6. The molecule has 1 aliphatic heterocycles. The number of carbonyl (C=O) groups is 1. The van der Waals surface area contributed by atoms with Crippen LogP contribution in [0.15, 0.2) is 48.5 Å². The number of benzene rings is 1.